The number of hydrogen-bond donors (Lipinski definition) is 0. The first-order chi connectivity index (χ1) is 10.2. The molecule has 1 aliphatic carbocycles. The number of hydrogen-bond acceptors (Lipinski definition) is 3. The molecule has 0 atom stereocenters. The van der Waals surface area contributed by atoms with Crippen LogP contribution in [0.25, 0.3) is 22.4 Å². The lowest BCUT2D eigenvalue weighted by Crippen LogP contribution is -2.23. The summed E-state index contributed by atoms with van der Waals surface area (Å²) in [4.78, 5) is 21.8. The first-order valence-corrected chi connectivity index (χ1v) is 7.18. The topological polar surface area (TPSA) is 47.8 Å². The molecule has 0 bridgehead atoms. The van der Waals surface area contributed by atoms with Gasteiger partial charge in [-0.25, -0.2) is 9.97 Å². The van der Waals surface area contributed by atoms with E-state index in [0.717, 1.165) is 29.5 Å². The Balaban J connectivity index is 2.06. The van der Waals surface area contributed by atoms with Crippen molar-refractivity contribution in [3.63, 3.8) is 0 Å². The molecule has 0 N–H and O–H groups in total. The van der Waals surface area contributed by atoms with Gasteiger partial charge in [0, 0.05) is 17.8 Å². The summed E-state index contributed by atoms with van der Waals surface area (Å²) in [6.07, 6.45) is 3.81. The molecule has 21 heavy (non-hydrogen) atoms. The van der Waals surface area contributed by atoms with Crippen molar-refractivity contribution in [3.05, 3.63) is 58.5 Å². The smallest absolute Gasteiger partial charge is 0.278 e. The van der Waals surface area contributed by atoms with E-state index in [9.17, 15) is 4.79 Å². The molecule has 0 saturated heterocycles. The van der Waals surface area contributed by atoms with Crippen molar-refractivity contribution < 1.29 is 0 Å². The number of aryl methyl sites for hydroxylation is 1. The highest BCUT2D eigenvalue weighted by Crippen LogP contribution is 2.35. The monoisotopic (exact) mass is 277 g/mol. The molecule has 0 radical (unpaired) electrons. The van der Waals surface area contributed by atoms with E-state index in [2.05, 4.69) is 9.97 Å². The molecule has 1 fully saturated rings. The van der Waals surface area contributed by atoms with Crippen LogP contribution in [0.2, 0.25) is 0 Å². The molecule has 0 aliphatic heterocycles. The number of benzene rings is 1. The van der Waals surface area contributed by atoms with Gasteiger partial charge in [0.1, 0.15) is 11.2 Å². The quantitative estimate of drug-likeness (QED) is 0.723. The van der Waals surface area contributed by atoms with E-state index in [-0.39, 0.29) is 11.6 Å². The molecule has 0 spiro atoms. The molecule has 2 aromatic heterocycles. The van der Waals surface area contributed by atoms with Crippen LogP contribution in [-0.4, -0.2) is 14.5 Å². The Morgan fingerprint density at radius 3 is 2.81 bits per heavy atom. The normalized spacial score (nSPS) is 14.5. The third-order valence-electron chi connectivity index (χ3n) is 3.85. The molecule has 1 aliphatic rings. The van der Waals surface area contributed by atoms with E-state index in [0.29, 0.717) is 11.3 Å². The van der Waals surface area contributed by atoms with Gasteiger partial charge >= 0.3 is 0 Å². The standard InChI is InChI=1S/C17H15N3O/c1-11-4-2-5-12(10-11)15-17(21)20(13-7-8-13)16-14(19-15)6-3-9-18-16/h2-6,9-10,13H,7-8H2,1H3. The highest BCUT2D eigenvalue weighted by Gasteiger charge is 2.28. The number of pyridine rings is 1. The van der Waals surface area contributed by atoms with Gasteiger partial charge in [-0.15, -0.1) is 0 Å². The second kappa shape index (κ2) is 4.52. The van der Waals surface area contributed by atoms with Crippen LogP contribution in [0.15, 0.2) is 47.4 Å². The van der Waals surface area contributed by atoms with Crippen molar-refractivity contribution in [1.29, 1.82) is 0 Å². The first kappa shape index (κ1) is 12.3. The van der Waals surface area contributed by atoms with E-state index < -0.39 is 0 Å². The summed E-state index contributed by atoms with van der Waals surface area (Å²) in [7, 11) is 0. The van der Waals surface area contributed by atoms with Crippen molar-refractivity contribution in [2.45, 2.75) is 25.8 Å². The molecule has 4 rings (SSSR count). The molecule has 3 aromatic rings. The predicted octanol–water partition coefficient (Wildman–Crippen LogP) is 3.10. The van der Waals surface area contributed by atoms with Gasteiger partial charge in [0.25, 0.3) is 5.56 Å². The average molecular weight is 277 g/mol. The molecule has 1 aromatic carbocycles. The Morgan fingerprint density at radius 2 is 2.05 bits per heavy atom. The van der Waals surface area contributed by atoms with E-state index >= 15 is 0 Å². The van der Waals surface area contributed by atoms with Gasteiger partial charge in [-0.2, -0.15) is 0 Å². The van der Waals surface area contributed by atoms with Crippen LogP contribution in [0.1, 0.15) is 24.4 Å². The maximum absolute atomic E-state index is 12.8. The predicted molar refractivity (Wildman–Crippen MR) is 82.2 cm³/mol. The number of fused-ring (bicyclic) bond motifs is 1. The van der Waals surface area contributed by atoms with Gasteiger partial charge in [0.15, 0.2) is 5.65 Å². The molecule has 4 heteroatoms. The van der Waals surface area contributed by atoms with Crippen LogP contribution >= 0.6 is 0 Å². The zero-order chi connectivity index (χ0) is 14.4. The van der Waals surface area contributed by atoms with Gasteiger partial charge in [0.05, 0.1) is 0 Å². The Hall–Kier alpha value is -2.49. The average Bonchev–Trinajstić information content (AvgIpc) is 3.31. The van der Waals surface area contributed by atoms with Gasteiger partial charge in [-0.1, -0.05) is 23.8 Å². The Kier molecular flexibility index (Phi) is 2.64. The molecule has 0 amide bonds. The van der Waals surface area contributed by atoms with Crippen LogP contribution in [-0.2, 0) is 0 Å². The molecule has 0 unspecified atom stereocenters. The number of aromatic nitrogens is 3. The van der Waals surface area contributed by atoms with E-state index in [1.165, 1.54) is 0 Å². The summed E-state index contributed by atoms with van der Waals surface area (Å²) in [6.45, 7) is 2.02. The second-order valence-corrected chi connectivity index (χ2v) is 5.58. The molecule has 4 nitrogen and oxygen atoms in total. The van der Waals surface area contributed by atoms with Crippen LogP contribution in [0.3, 0.4) is 0 Å². The highest BCUT2D eigenvalue weighted by molar-refractivity contribution is 5.74. The largest absolute Gasteiger partial charge is 0.286 e. The lowest BCUT2D eigenvalue weighted by Gasteiger charge is -2.10. The van der Waals surface area contributed by atoms with Crippen LogP contribution in [0.5, 0.6) is 0 Å². The van der Waals surface area contributed by atoms with Crippen LogP contribution < -0.4 is 5.56 Å². The van der Waals surface area contributed by atoms with Crippen molar-refractivity contribution in [2.75, 3.05) is 0 Å². The van der Waals surface area contributed by atoms with E-state index in [1.54, 1.807) is 6.20 Å². The summed E-state index contributed by atoms with van der Waals surface area (Å²) in [5, 5.41) is 0. The maximum atomic E-state index is 12.8. The van der Waals surface area contributed by atoms with Gasteiger partial charge in [0.2, 0.25) is 0 Å². The summed E-state index contributed by atoms with van der Waals surface area (Å²) in [6, 6.07) is 12.0. The van der Waals surface area contributed by atoms with Crippen LogP contribution in [0, 0.1) is 6.92 Å². The summed E-state index contributed by atoms with van der Waals surface area (Å²) in [5.41, 5.74) is 3.96. The first-order valence-electron chi connectivity index (χ1n) is 7.18. The van der Waals surface area contributed by atoms with Crippen molar-refractivity contribution in [2.24, 2.45) is 0 Å². The molecular weight excluding hydrogens is 262 g/mol. The van der Waals surface area contributed by atoms with E-state index in [4.69, 9.17) is 0 Å². The summed E-state index contributed by atoms with van der Waals surface area (Å²) >= 11 is 0. The van der Waals surface area contributed by atoms with Gasteiger partial charge in [-0.05, 0) is 38.0 Å². The minimum atomic E-state index is -0.0331. The molecule has 2 heterocycles. The summed E-state index contributed by atoms with van der Waals surface area (Å²) < 4.78 is 1.82. The van der Waals surface area contributed by atoms with Gasteiger partial charge in [-0.3, -0.25) is 9.36 Å². The van der Waals surface area contributed by atoms with Crippen molar-refractivity contribution in [3.8, 4) is 11.3 Å². The Labute approximate surface area is 122 Å². The number of nitrogens with zero attached hydrogens (tertiary/aromatic N) is 3. The van der Waals surface area contributed by atoms with E-state index in [1.807, 2.05) is 47.9 Å². The van der Waals surface area contributed by atoms with Gasteiger partial charge < -0.3 is 0 Å². The van der Waals surface area contributed by atoms with Crippen molar-refractivity contribution in [1.82, 2.24) is 14.5 Å². The number of rotatable bonds is 2. The fourth-order valence-electron chi connectivity index (χ4n) is 2.69. The molecule has 104 valence electrons. The minimum absolute atomic E-state index is 0.0331. The third kappa shape index (κ3) is 2.03. The Morgan fingerprint density at radius 1 is 1.19 bits per heavy atom. The van der Waals surface area contributed by atoms with Crippen molar-refractivity contribution >= 4 is 11.2 Å². The molecule has 1 saturated carbocycles. The zero-order valence-corrected chi connectivity index (χ0v) is 11.8. The fourth-order valence-corrected chi connectivity index (χ4v) is 2.69. The Bertz CT molecular complexity index is 894. The highest BCUT2D eigenvalue weighted by atomic mass is 16.1. The lowest BCUT2D eigenvalue weighted by atomic mass is 10.1. The molecular formula is C17H15N3O. The van der Waals surface area contributed by atoms with Crippen LogP contribution in [0.4, 0.5) is 0 Å². The zero-order valence-electron chi connectivity index (χ0n) is 11.8. The fraction of sp³-hybridized carbons (Fsp3) is 0.235. The maximum Gasteiger partial charge on any atom is 0.278 e. The third-order valence-corrected chi connectivity index (χ3v) is 3.85. The summed E-state index contributed by atoms with van der Waals surface area (Å²) in [5.74, 6) is 0. The minimum Gasteiger partial charge on any atom is -0.286 e. The second-order valence-electron chi connectivity index (χ2n) is 5.58. The SMILES string of the molecule is Cc1cccc(-c2nc3cccnc3n(C3CC3)c2=O)c1. The lowest BCUT2D eigenvalue weighted by molar-refractivity contribution is 0.726.